The van der Waals surface area contributed by atoms with Gasteiger partial charge in [0.1, 0.15) is 6.04 Å². The molecule has 0 spiro atoms. The number of ketones is 1. The molecule has 1 amide bonds. The van der Waals surface area contributed by atoms with Gasteiger partial charge in [-0.3, -0.25) is 19.5 Å². The minimum absolute atomic E-state index is 0.0155. The van der Waals surface area contributed by atoms with E-state index in [1.54, 1.807) is 35.4 Å². The van der Waals surface area contributed by atoms with E-state index >= 15 is 0 Å². The number of hydrogen-bond acceptors (Lipinski definition) is 4. The maximum Gasteiger partial charge on any atom is 0.255 e. The molecule has 0 bridgehead atoms. The topological polar surface area (TPSA) is 43.9 Å². The third-order valence-electron chi connectivity index (χ3n) is 5.01. The van der Waals surface area contributed by atoms with Crippen molar-refractivity contribution in [2.45, 2.75) is 19.4 Å². The second-order valence-electron chi connectivity index (χ2n) is 6.48. The van der Waals surface area contributed by atoms with Crippen LogP contribution >= 0.6 is 0 Å². The summed E-state index contributed by atoms with van der Waals surface area (Å²) in [5.41, 5.74) is 2.06. The Balaban J connectivity index is 1.55. The molecular weight excluding hydrogens is 326 g/mol. The van der Waals surface area contributed by atoms with Crippen LogP contribution < -0.4 is 4.90 Å². The Hall–Kier alpha value is -2.92. The molecule has 2 aliphatic rings. The highest BCUT2D eigenvalue weighted by molar-refractivity contribution is 6.09. The number of hydrazine groups is 1. The van der Waals surface area contributed by atoms with Crippen LogP contribution in [0, 0.1) is 0 Å². The van der Waals surface area contributed by atoms with Crippen LogP contribution in [0.3, 0.4) is 0 Å². The molecule has 1 fully saturated rings. The first-order valence-electron chi connectivity index (χ1n) is 8.93. The maximum absolute atomic E-state index is 12.8. The zero-order valence-corrected chi connectivity index (χ0v) is 14.7. The van der Waals surface area contributed by atoms with Crippen molar-refractivity contribution >= 4 is 17.4 Å². The van der Waals surface area contributed by atoms with Gasteiger partial charge in [-0.25, -0.2) is 5.01 Å². The molecule has 0 aliphatic carbocycles. The Kier molecular flexibility index (Phi) is 4.31. The van der Waals surface area contributed by atoms with Crippen LogP contribution in [0.5, 0.6) is 0 Å². The van der Waals surface area contributed by atoms with E-state index in [2.05, 4.69) is 11.9 Å². The number of fused-ring (bicyclic) bond motifs is 1. The average molecular weight is 347 g/mol. The quantitative estimate of drug-likeness (QED) is 0.798. The Morgan fingerprint density at radius 3 is 2.38 bits per heavy atom. The van der Waals surface area contributed by atoms with Crippen LogP contribution in [0.1, 0.15) is 29.3 Å². The van der Waals surface area contributed by atoms with Crippen LogP contribution in [0.25, 0.3) is 0 Å². The molecule has 1 unspecified atom stereocenters. The van der Waals surface area contributed by atoms with Gasteiger partial charge in [-0.1, -0.05) is 37.3 Å². The van der Waals surface area contributed by atoms with E-state index in [0.717, 1.165) is 25.2 Å². The smallest absolute Gasteiger partial charge is 0.255 e. The average Bonchev–Trinajstić information content (AvgIpc) is 3.13. The van der Waals surface area contributed by atoms with E-state index in [1.165, 1.54) is 0 Å². The first-order chi connectivity index (χ1) is 12.7. The highest BCUT2D eigenvalue weighted by Crippen LogP contribution is 2.28. The van der Waals surface area contributed by atoms with Crippen molar-refractivity contribution in [2.24, 2.45) is 0 Å². The molecule has 0 aromatic heterocycles. The number of carbonyl (C=O) groups is 2. The summed E-state index contributed by atoms with van der Waals surface area (Å²) in [6, 6.07) is 16.3. The Morgan fingerprint density at radius 2 is 1.69 bits per heavy atom. The first-order valence-corrected chi connectivity index (χ1v) is 8.93. The molecule has 5 nitrogen and oxygen atoms in total. The summed E-state index contributed by atoms with van der Waals surface area (Å²) < 4.78 is 0. The fraction of sp³-hybridized carbons (Fsp3) is 0.238. The fourth-order valence-electron chi connectivity index (χ4n) is 3.58. The van der Waals surface area contributed by atoms with E-state index in [0.29, 0.717) is 11.1 Å². The summed E-state index contributed by atoms with van der Waals surface area (Å²) in [5, 5.41) is 4.21. The zero-order chi connectivity index (χ0) is 18.1. The van der Waals surface area contributed by atoms with Gasteiger partial charge in [0.05, 0.1) is 0 Å². The van der Waals surface area contributed by atoms with Gasteiger partial charge in [0.2, 0.25) is 0 Å². The number of nitrogens with zero attached hydrogens (tertiary/aromatic N) is 3. The molecule has 5 heteroatoms. The lowest BCUT2D eigenvalue weighted by atomic mass is 10.0. The second-order valence-corrected chi connectivity index (χ2v) is 6.48. The molecule has 132 valence electrons. The van der Waals surface area contributed by atoms with Gasteiger partial charge in [0.25, 0.3) is 5.91 Å². The summed E-state index contributed by atoms with van der Waals surface area (Å²) >= 11 is 0. The highest BCUT2D eigenvalue weighted by atomic mass is 16.2. The summed E-state index contributed by atoms with van der Waals surface area (Å²) in [6.45, 7) is 3.88. The number of anilines is 1. The van der Waals surface area contributed by atoms with Crippen molar-refractivity contribution in [1.82, 2.24) is 10.0 Å². The van der Waals surface area contributed by atoms with Gasteiger partial charge in [-0.2, -0.15) is 0 Å². The summed E-state index contributed by atoms with van der Waals surface area (Å²) in [6.07, 6.45) is 4.60. The van der Waals surface area contributed by atoms with Crippen molar-refractivity contribution in [3.05, 3.63) is 78.1 Å². The molecule has 0 saturated carbocycles. The SMILES string of the molecule is CCN1CCC2C(=O)N(c3ccc(C(=O)c4ccccc4)cc3)C=CN21. The monoisotopic (exact) mass is 347 g/mol. The predicted octanol–water partition coefficient (Wildman–Crippen LogP) is 3.05. The van der Waals surface area contributed by atoms with Gasteiger partial charge in [0.15, 0.2) is 5.78 Å². The van der Waals surface area contributed by atoms with Gasteiger partial charge >= 0.3 is 0 Å². The largest absolute Gasteiger partial charge is 0.299 e. The number of carbonyl (C=O) groups excluding carboxylic acids is 2. The fourth-order valence-corrected chi connectivity index (χ4v) is 3.58. The molecule has 2 heterocycles. The number of rotatable bonds is 4. The molecule has 26 heavy (non-hydrogen) atoms. The van der Waals surface area contributed by atoms with E-state index < -0.39 is 0 Å². The Labute approximate surface area is 153 Å². The highest BCUT2D eigenvalue weighted by Gasteiger charge is 2.39. The second kappa shape index (κ2) is 6.77. The van der Waals surface area contributed by atoms with E-state index in [4.69, 9.17) is 0 Å². The van der Waals surface area contributed by atoms with Crippen molar-refractivity contribution in [3.8, 4) is 0 Å². The standard InChI is InChI=1S/C21H21N3O2/c1-2-22-13-12-19-21(26)23(14-15-24(19)22)18-10-8-17(9-11-18)20(25)16-6-4-3-5-7-16/h3-11,14-15,19H,2,12-13H2,1H3. The van der Waals surface area contributed by atoms with Crippen LogP contribution in [0.15, 0.2) is 67.0 Å². The van der Waals surface area contributed by atoms with Crippen LogP contribution in [0.4, 0.5) is 5.69 Å². The molecule has 4 rings (SSSR count). The lowest BCUT2D eigenvalue weighted by Gasteiger charge is -2.36. The van der Waals surface area contributed by atoms with Gasteiger partial charge in [0, 0.05) is 42.3 Å². The van der Waals surface area contributed by atoms with Gasteiger partial charge in [-0.05, 0) is 30.7 Å². The molecular formula is C21H21N3O2. The minimum atomic E-state index is -0.134. The third kappa shape index (κ3) is 2.80. The number of hydrogen-bond donors (Lipinski definition) is 0. The summed E-state index contributed by atoms with van der Waals surface area (Å²) in [4.78, 5) is 27.0. The number of amides is 1. The Morgan fingerprint density at radius 1 is 1.00 bits per heavy atom. The summed E-state index contributed by atoms with van der Waals surface area (Å²) in [7, 11) is 0. The maximum atomic E-state index is 12.8. The van der Waals surface area contributed by atoms with Crippen LogP contribution in [0.2, 0.25) is 0 Å². The molecule has 2 aliphatic heterocycles. The van der Waals surface area contributed by atoms with Crippen molar-refractivity contribution in [3.63, 3.8) is 0 Å². The molecule has 1 atom stereocenters. The van der Waals surface area contributed by atoms with E-state index in [1.807, 2.05) is 41.5 Å². The summed E-state index contributed by atoms with van der Waals surface area (Å²) in [5.74, 6) is 0.0591. The minimum Gasteiger partial charge on any atom is -0.299 e. The molecule has 2 aromatic carbocycles. The molecule has 0 N–H and O–H groups in total. The van der Waals surface area contributed by atoms with E-state index in [-0.39, 0.29) is 17.7 Å². The Bertz CT molecular complexity index is 845. The molecule has 1 saturated heterocycles. The molecule has 2 aromatic rings. The van der Waals surface area contributed by atoms with Gasteiger partial charge in [-0.15, -0.1) is 0 Å². The first kappa shape index (κ1) is 16.5. The zero-order valence-electron chi connectivity index (χ0n) is 14.7. The molecule has 0 radical (unpaired) electrons. The third-order valence-corrected chi connectivity index (χ3v) is 5.01. The lowest BCUT2D eigenvalue weighted by molar-refractivity contribution is -0.125. The van der Waals surface area contributed by atoms with Crippen LogP contribution in [-0.4, -0.2) is 40.8 Å². The predicted molar refractivity (Wildman–Crippen MR) is 100 cm³/mol. The van der Waals surface area contributed by atoms with Crippen molar-refractivity contribution < 1.29 is 9.59 Å². The van der Waals surface area contributed by atoms with Crippen molar-refractivity contribution in [2.75, 3.05) is 18.0 Å². The number of benzene rings is 2. The van der Waals surface area contributed by atoms with Gasteiger partial charge < -0.3 is 0 Å². The van der Waals surface area contributed by atoms with E-state index in [9.17, 15) is 9.59 Å². The van der Waals surface area contributed by atoms with Crippen LogP contribution in [-0.2, 0) is 4.79 Å². The van der Waals surface area contributed by atoms with Crippen molar-refractivity contribution in [1.29, 1.82) is 0 Å². The normalized spacial score (nSPS) is 19.7. The lowest BCUT2D eigenvalue weighted by Crippen LogP contribution is -2.49.